The second-order valence-electron chi connectivity index (χ2n) is 4.34. The van der Waals surface area contributed by atoms with Crippen molar-refractivity contribution in [3.8, 4) is 11.5 Å². The quantitative estimate of drug-likeness (QED) is 0.581. The first-order valence-corrected chi connectivity index (χ1v) is 8.44. The third kappa shape index (κ3) is 4.20. The van der Waals surface area contributed by atoms with E-state index in [-0.39, 0.29) is 5.82 Å². The topological polar surface area (TPSA) is 18.5 Å². The zero-order valence-corrected chi connectivity index (χ0v) is 14.7. The summed E-state index contributed by atoms with van der Waals surface area (Å²) in [5.74, 6) is 1.15. The van der Waals surface area contributed by atoms with E-state index in [9.17, 15) is 4.39 Å². The van der Waals surface area contributed by atoms with Crippen molar-refractivity contribution in [1.82, 2.24) is 0 Å². The third-order valence-corrected chi connectivity index (χ3v) is 4.23. The van der Waals surface area contributed by atoms with Crippen LogP contribution >= 0.6 is 31.9 Å². The van der Waals surface area contributed by atoms with Crippen LogP contribution in [0.15, 0.2) is 40.9 Å². The second-order valence-corrected chi connectivity index (χ2v) is 5.75. The number of halogens is 3. The van der Waals surface area contributed by atoms with Gasteiger partial charge in [0, 0.05) is 20.9 Å². The number of para-hydroxylation sites is 1. The Morgan fingerprint density at radius 1 is 1.10 bits per heavy atom. The molecular weight excluding hydrogens is 403 g/mol. The van der Waals surface area contributed by atoms with Crippen LogP contribution in [0, 0.1) is 5.82 Å². The lowest BCUT2D eigenvalue weighted by atomic mass is 10.2. The van der Waals surface area contributed by atoms with Crippen LogP contribution in [0.2, 0.25) is 0 Å². The van der Waals surface area contributed by atoms with Crippen LogP contribution < -0.4 is 9.47 Å². The molecule has 0 spiro atoms. The minimum absolute atomic E-state index is 0.276. The number of alkyl halides is 1. The highest BCUT2D eigenvalue weighted by molar-refractivity contribution is 9.10. The lowest BCUT2D eigenvalue weighted by Crippen LogP contribution is -2.02. The van der Waals surface area contributed by atoms with E-state index in [0.29, 0.717) is 34.5 Å². The van der Waals surface area contributed by atoms with Crippen molar-refractivity contribution in [2.75, 3.05) is 6.61 Å². The van der Waals surface area contributed by atoms with Gasteiger partial charge in [0.05, 0.1) is 6.61 Å². The van der Waals surface area contributed by atoms with Crippen LogP contribution in [-0.4, -0.2) is 6.61 Å². The van der Waals surface area contributed by atoms with Crippen molar-refractivity contribution in [1.29, 1.82) is 0 Å². The summed E-state index contributed by atoms with van der Waals surface area (Å²) in [6.07, 6.45) is 0. The molecule has 0 N–H and O–H groups in total. The first-order valence-electron chi connectivity index (χ1n) is 6.53. The molecule has 0 heterocycles. The Bertz CT molecular complexity index is 617. The fraction of sp³-hybridized carbons (Fsp3) is 0.250. The summed E-state index contributed by atoms with van der Waals surface area (Å²) >= 11 is 6.79. The van der Waals surface area contributed by atoms with Crippen molar-refractivity contribution in [3.63, 3.8) is 0 Å². The number of ether oxygens (including phenoxy) is 2. The fourth-order valence-electron chi connectivity index (χ4n) is 1.89. The van der Waals surface area contributed by atoms with Crippen LogP contribution in [0.25, 0.3) is 0 Å². The van der Waals surface area contributed by atoms with Gasteiger partial charge in [-0.05, 0) is 25.1 Å². The Morgan fingerprint density at radius 3 is 2.57 bits per heavy atom. The zero-order chi connectivity index (χ0) is 15.2. The molecule has 112 valence electrons. The molecule has 0 saturated carbocycles. The van der Waals surface area contributed by atoms with Crippen LogP contribution in [0.1, 0.15) is 18.1 Å². The van der Waals surface area contributed by atoms with Gasteiger partial charge in [0.15, 0.2) is 11.5 Å². The van der Waals surface area contributed by atoms with Gasteiger partial charge in [0.1, 0.15) is 12.4 Å². The van der Waals surface area contributed by atoms with Crippen molar-refractivity contribution in [3.05, 3.63) is 57.8 Å². The molecule has 0 bridgehead atoms. The lowest BCUT2D eigenvalue weighted by Gasteiger charge is -2.15. The van der Waals surface area contributed by atoms with E-state index in [4.69, 9.17) is 9.47 Å². The van der Waals surface area contributed by atoms with Crippen LogP contribution in [0.4, 0.5) is 4.39 Å². The standard InChI is InChI=1S/C16H15Br2FO2/c1-2-20-15-5-3-4-11(9-17)16(15)21-10-12-6-7-13(19)8-14(12)18/h3-8H,2,9-10H2,1H3. The van der Waals surface area contributed by atoms with E-state index in [0.717, 1.165) is 11.1 Å². The van der Waals surface area contributed by atoms with Crippen LogP contribution in [-0.2, 0) is 11.9 Å². The Hall–Kier alpha value is -1.07. The first-order chi connectivity index (χ1) is 10.2. The maximum atomic E-state index is 13.1. The molecular formula is C16H15Br2FO2. The molecule has 21 heavy (non-hydrogen) atoms. The highest BCUT2D eigenvalue weighted by atomic mass is 79.9. The van der Waals surface area contributed by atoms with E-state index in [2.05, 4.69) is 31.9 Å². The SMILES string of the molecule is CCOc1cccc(CBr)c1OCc1ccc(F)cc1Br. The van der Waals surface area contributed by atoms with Gasteiger partial charge in [-0.2, -0.15) is 0 Å². The summed E-state index contributed by atoms with van der Waals surface area (Å²) < 4.78 is 25.3. The predicted octanol–water partition coefficient (Wildman–Crippen LogP) is 5.46. The van der Waals surface area contributed by atoms with Gasteiger partial charge in [-0.25, -0.2) is 4.39 Å². The summed E-state index contributed by atoms with van der Waals surface area (Å²) in [6.45, 7) is 2.84. The molecule has 2 nitrogen and oxygen atoms in total. The minimum atomic E-state index is -0.276. The minimum Gasteiger partial charge on any atom is -0.490 e. The van der Waals surface area contributed by atoms with Crippen LogP contribution in [0.5, 0.6) is 11.5 Å². The molecule has 0 radical (unpaired) electrons. The van der Waals surface area contributed by atoms with Crippen molar-refractivity contribution in [2.45, 2.75) is 18.9 Å². The van der Waals surface area contributed by atoms with Crippen molar-refractivity contribution >= 4 is 31.9 Å². The largest absolute Gasteiger partial charge is 0.490 e. The van der Waals surface area contributed by atoms with E-state index in [1.54, 1.807) is 6.07 Å². The number of rotatable bonds is 6. The molecule has 0 atom stereocenters. The predicted molar refractivity (Wildman–Crippen MR) is 88.7 cm³/mol. The molecule has 5 heteroatoms. The third-order valence-electron chi connectivity index (χ3n) is 2.89. The van der Waals surface area contributed by atoms with Gasteiger partial charge in [-0.3, -0.25) is 0 Å². The zero-order valence-electron chi connectivity index (χ0n) is 11.5. The maximum Gasteiger partial charge on any atom is 0.165 e. The van der Waals surface area contributed by atoms with Gasteiger partial charge in [-0.15, -0.1) is 0 Å². The van der Waals surface area contributed by atoms with E-state index in [1.807, 2.05) is 25.1 Å². The van der Waals surface area contributed by atoms with Crippen LogP contribution in [0.3, 0.4) is 0 Å². The molecule has 0 aliphatic rings. The molecule has 0 amide bonds. The molecule has 0 fully saturated rings. The van der Waals surface area contributed by atoms with E-state index in [1.165, 1.54) is 12.1 Å². The molecule has 2 aromatic carbocycles. The van der Waals surface area contributed by atoms with E-state index >= 15 is 0 Å². The molecule has 2 aromatic rings. The van der Waals surface area contributed by atoms with Gasteiger partial charge < -0.3 is 9.47 Å². The number of hydrogen-bond acceptors (Lipinski definition) is 2. The highest BCUT2D eigenvalue weighted by Gasteiger charge is 2.11. The normalized spacial score (nSPS) is 10.5. The Kier molecular flexibility index (Phi) is 6.06. The number of hydrogen-bond donors (Lipinski definition) is 0. The van der Waals surface area contributed by atoms with Gasteiger partial charge >= 0.3 is 0 Å². The highest BCUT2D eigenvalue weighted by Crippen LogP contribution is 2.34. The Balaban J connectivity index is 2.22. The fourth-order valence-corrected chi connectivity index (χ4v) is 2.80. The molecule has 0 aliphatic heterocycles. The molecule has 0 aromatic heterocycles. The number of benzene rings is 2. The molecule has 0 aliphatic carbocycles. The summed E-state index contributed by atoms with van der Waals surface area (Å²) in [6, 6.07) is 10.3. The summed E-state index contributed by atoms with van der Waals surface area (Å²) in [4.78, 5) is 0. The lowest BCUT2D eigenvalue weighted by molar-refractivity contribution is 0.267. The summed E-state index contributed by atoms with van der Waals surface area (Å²) in [5.41, 5.74) is 1.89. The second kappa shape index (κ2) is 7.80. The molecule has 0 saturated heterocycles. The molecule has 2 rings (SSSR count). The van der Waals surface area contributed by atoms with Gasteiger partial charge in [0.2, 0.25) is 0 Å². The Labute approximate surface area is 140 Å². The van der Waals surface area contributed by atoms with Crippen molar-refractivity contribution in [2.24, 2.45) is 0 Å². The summed E-state index contributed by atoms with van der Waals surface area (Å²) in [7, 11) is 0. The smallest absolute Gasteiger partial charge is 0.165 e. The Morgan fingerprint density at radius 2 is 1.90 bits per heavy atom. The maximum absolute atomic E-state index is 13.1. The average Bonchev–Trinajstić information content (AvgIpc) is 2.47. The first kappa shape index (κ1) is 16.3. The van der Waals surface area contributed by atoms with Gasteiger partial charge in [-0.1, -0.05) is 50.1 Å². The van der Waals surface area contributed by atoms with E-state index < -0.39 is 0 Å². The van der Waals surface area contributed by atoms with Crippen molar-refractivity contribution < 1.29 is 13.9 Å². The monoisotopic (exact) mass is 416 g/mol. The average molecular weight is 418 g/mol. The summed E-state index contributed by atoms with van der Waals surface area (Å²) in [5, 5.41) is 0.674. The van der Waals surface area contributed by atoms with Gasteiger partial charge in [0.25, 0.3) is 0 Å². The molecule has 0 unspecified atom stereocenters.